The normalized spacial score (nSPS) is 11.7. The monoisotopic (exact) mass is 568 g/mol. The summed E-state index contributed by atoms with van der Waals surface area (Å²) in [5.41, 5.74) is 10.3. The van der Waals surface area contributed by atoms with Gasteiger partial charge in [0, 0.05) is 42.3 Å². The Hall–Kier alpha value is -4.64. The summed E-state index contributed by atoms with van der Waals surface area (Å²) in [5.74, 6) is -3.14. The van der Waals surface area contributed by atoms with E-state index in [1.54, 1.807) is 4.90 Å². The summed E-state index contributed by atoms with van der Waals surface area (Å²) < 4.78 is 31.7. The van der Waals surface area contributed by atoms with Gasteiger partial charge in [-0.1, -0.05) is 60.7 Å². The Labute approximate surface area is 235 Å². The number of nitrogens with zero attached hydrogens (tertiary/aromatic N) is 1. The Bertz CT molecular complexity index is 1470. The molecule has 0 radical (unpaired) electrons. The maximum absolute atomic E-state index is 13.6. The van der Waals surface area contributed by atoms with Crippen LogP contribution < -0.4 is 11.1 Å². The fourth-order valence-electron chi connectivity index (χ4n) is 4.32. The molecular formula is C30H31F3N4O4. The molecule has 0 aliphatic carbocycles. The smallest absolute Gasteiger partial charge is 0.475 e. The van der Waals surface area contributed by atoms with Crippen molar-refractivity contribution in [1.82, 2.24) is 9.88 Å². The molecule has 0 aliphatic heterocycles. The predicted molar refractivity (Wildman–Crippen MR) is 150 cm³/mol. The lowest BCUT2D eigenvalue weighted by Gasteiger charge is -2.32. The molecule has 4 aromatic rings. The molecule has 1 unspecified atom stereocenters. The van der Waals surface area contributed by atoms with Crippen LogP contribution in [0.1, 0.15) is 29.2 Å². The molecular weight excluding hydrogens is 537 g/mol. The summed E-state index contributed by atoms with van der Waals surface area (Å²) >= 11 is 0. The molecule has 1 aromatic heterocycles. The lowest BCUT2D eigenvalue weighted by atomic mass is 9.97. The summed E-state index contributed by atoms with van der Waals surface area (Å²) in [6.45, 7) is 2.58. The number of carbonyl (C=O) groups is 3. The number of aliphatic carboxylic acids is 1. The van der Waals surface area contributed by atoms with Crippen LogP contribution in [0.25, 0.3) is 10.9 Å². The summed E-state index contributed by atoms with van der Waals surface area (Å²) in [4.78, 5) is 40.8. The second kappa shape index (κ2) is 14.1. The first-order valence-electron chi connectivity index (χ1n) is 12.8. The Morgan fingerprint density at radius 2 is 1.59 bits per heavy atom. The highest BCUT2D eigenvalue weighted by Gasteiger charge is 2.38. The van der Waals surface area contributed by atoms with E-state index in [1.165, 1.54) is 0 Å². The lowest BCUT2D eigenvalue weighted by molar-refractivity contribution is -0.192. The minimum atomic E-state index is -5.08. The number of carboxylic acids is 1. The predicted octanol–water partition coefficient (Wildman–Crippen LogP) is 5.21. The van der Waals surface area contributed by atoms with Crippen molar-refractivity contribution in [3.8, 4) is 0 Å². The van der Waals surface area contributed by atoms with Crippen LogP contribution in [0.5, 0.6) is 0 Å². The number of aromatic nitrogens is 1. The average molecular weight is 569 g/mol. The van der Waals surface area contributed by atoms with Crippen molar-refractivity contribution >= 4 is 34.4 Å². The Morgan fingerprint density at radius 1 is 0.976 bits per heavy atom. The lowest BCUT2D eigenvalue weighted by Crippen LogP contribution is -2.43. The zero-order valence-electron chi connectivity index (χ0n) is 22.3. The van der Waals surface area contributed by atoms with Gasteiger partial charge in [-0.25, -0.2) is 4.79 Å². The SMILES string of the molecule is Cc1ccccc1C(C(=O)Nc1ccccc1)N(CCc1c[nH]c2ccccc12)C(=O)CCN.O=C(O)C(F)(F)F. The minimum Gasteiger partial charge on any atom is -0.475 e. The molecule has 0 saturated carbocycles. The Kier molecular flexibility index (Phi) is 10.6. The second-order valence-corrected chi connectivity index (χ2v) is 9.15. The van der Waals surface area contributed by atoms with E-state index in [9.17, 15) is 22.8 Å². The summed E-state index contributed by atoms with van der Waals surface area (Å²) in [5, 5.41) is 11.2. The maximum atomic E-state index is 13.6. The molecule has 0 saturated heterocycles. The molecule has 2 amide bonds. The molecule has 216 valence electrons. The van der Waals surface area contributed by atoms with Gasteiger partial charge in [-0.3, -0.25) is 9.59 Å². The molecule has 11 heteroatoms. The van der Waals surface area contributed by atoms with E-state index in [2.05, 4.69) is 16.4 Å². The van der Waals surface area contributed by atoms with Crippen LogP contribution in [0.2, 0.25) is 0 Å². The number of hydrogen-bond acceptors (Lipinski definition) is 4. The zero-order chi connectivity index (χ0) is 30.0. The van der Waals surface area contributed by atoms with Crippen molar-refractivity contribution in [2.45, 2.75) is 32.0 Å². The number of rotatable bonds is 9. The van der Waals surface area contributed by atoms with Crippen molar-refractivity contribution in [3.63, 3.8) is 0 Å². The quantitative estimate of drug-likeness (QED) is 0.220. The van der Waals surface area contributed by atoms with Gasteiger partial charge < -0.3 is 26.0 Å². The highest BCUT2D eigenvalue weighted by Crippen LogP contribution is 2.28. The number of anilines is 1. The second-order valence-electron chi connectivity index (χ2n) is 9.15. The molecule has 8 nitrogen and oxygen atoms in total. The largest absolute Gasteiger partial charge is 0.490 e. The molecule has 0 spiro atoms. The number of aromatic amines is 1. The molecule has 1 heterocycles. The summed E-state index contributed by atoms with van der Waals surface area (Å²) in [6.07, 6.45) is -2.32. The van der Waals surface area contributed by atoms with Crippen molar-refractivity contribution in [1.29, 1.82) is 0 Å². The van der Waals surface area contributed by atoms with Crippen LogP contribution in [0, 0.1) is 6.92 Å². The van der Waals surface area contributed by atoms with E-state index in [4.69, 9.17) is 15.6 Å². The van der Waals surface area contributed by atoms with Crippen LogP contribution in [0.15, 0.2) is 85.1 Å². The number of fused-ring (bicyclic) bond motifs is 1. The highest BCUT2D eigenvalue weighted by atomic mass is 19.4. The van der Waals surface area contributed by atoms with Gasteiger partial charge >= 0.3 is 12.1 Å². The number of carboxylic acid groups (broad SMARTS) is 1. The molecule has 5 N–H and O–H groups in total. The van der Waals surface area contributed by atoms with Gasteiger partial charge in [-0.2, -0.15) is 13.2 Å². The number of halogens is 3. The van der Waals surface area contributed by atoms with Crippen molar-refractivity contribution < 1.29 is 32.7 Å². The van der Waals surface area contributed by atoms with E-state index in [1.807, 2.05) is 85.9 Å². The van der Waals surface area contributed by atoms with Gasteiger partial charge in [0.05, 0.1) is 0 Å². The number of hydrogen-bond donors (Lipinski definition) is 4. The third kappa shape index (κ3) is 8.42. The molecule has 0 fully saturated rings. The third-order valence-corrected chi connectivity index (χ3v) is 6.30. The number of carbonyl (C=O) groups excluding carboxylic acids is 2. The van der Waals surface area contributed by atoms with Gasteiger partial charge in [-0.05, 0) is 48.2 Å². The van der Waals surface area contributed by atoms with Crippen molar-refractivity contribution in [2.24, 2.45) is 5.73 Å². The Morgan fingerprint density at radius 3 is 2.22 bits per heavy atom. The van der Waals surface area contributed by atoms with Gasteiger partial charge in [0.2, 0.25) is 5.91 Å². The minimum absolute atomic E-state index is 0.140. The van der Waals surface area contributed by atoms with Crippen LogP contribution in [0.3, 0.4) is 0 Å². The number of nitrogens with one attached hydrogen (secondary N) is 2. The van der Waals surface area contributed by atoms with Crippen LogP contribution in [-0.4, -0.2) is 52.0 Å². The first-order chi connectivity index (χ1) is 19.5. The number of amides is 2. The number of nitrogens with two attached hydrogens (primary N) is 1. The van der Waals surface area contributed by atoms with E-state index in [0.29, 0.717) is 18.7 Å². The van der Waals surface area contributed by atoms with E-state index < -0.39 is 18.2 Å². The number of alkyl halides is 3. The first-order valence-corrected chi connectivity index (χ1v) is 12.8. The van der Waals surface area contributed by atoms with Crippen LogP contribution in [-0.2, 0) is 20.8 Å². The van der Waals surface area contributed by atoms with Gasteiger partial charge in [0.25, 0.3) is 5.91 Å². The molecule has 0 bridgehead atoms. The summed E-state index contributed by atoms with van der Waals surface area (Å²) in [6, 6.07) is 24.3. The number of H-pyrrole nitrogens is 1. The topological polar surface area (TPSA) is 129 Å². The molecule has 4 rings (SSSR count). The van der Waals surface area contributed by atoms with Crippen molar-refractivity contribution in [3.05, 3.63) is 102 Å². The standard InChI is InChI=1S/C28H30N4O2.C2HF3O2/c1-20-9-5-6-12-23(20)27(28(34)31-22-10-3-2-4-11-22)32(26(33)15-17-29)18-16-21-19-30-25-14-8-7-13-24(21)25;3-2(4,5)1(6)7/h2-14,19,27,30H,15-18,29H2,1H3,(H,31,34);(H,6,7). The molecule has 1 atom stereocenters. The number of aryl methyl sites for hydroxylation is 1. The van der Waals surface area contributed by atoms with E-state index in [0.717, 1.165) is 27.6 Å². The van der Waals surface area contributed by atoms with Gasteiger partial charge in [0.1, 0.15) is 6.04 Å². The first kappa shape index (κ1) is 30.9. The Balaban J connectivity index is 0.000000587. The van der Waals surface area contributed by atoms with E-state index in [-0.39, 0.29) is 24.8 Å². The average Bonchev–Trinajstić information content (AvgIpc) is 3.35. The zero-order valence-corrected chi connectivity index (χ0v) is 22.3. The number of benzene rings is 3. The molecule has 41 heavy (non-hydrogen) atoms. The molecule has 0 aliphatic rings. The fraction of sp³-hybridized carbons (Fsp3) is 0.233. The van der Waals surface area contributed by atoms with Gasteiger partial charge in [-0.15, -0.1) is 0 Å². The molecule has 3 aromatic carbocycles. The highest BCUT2D eigenvalue weighted by molar-refractivity contribution is 5.98. The van der Waals surface area contributed by atoms with Crippen LogP contribution in [0.4, 0.5) is 18.9 Å². The van der Waals surface area contributed by atoms with Crippen molar-refractivity contribution in [2.75, 3.05) is 18.4 Å². The maximum Gasteiger partial charge on any atom is 0.490 e. The number of para-hydroxylation sites is 2. The third-order valence-electron chi connectivity index (χ3n) is 6.30. The van der Waals surface area contributed by atoms with E-state index >= 15 is 0 Å². The van der Waals surface area contributed by atoms with Crippen LogP contribution >= 0.6 is 0 Å². The van der Waals surface area contributed by atoms with Gasteiger partial charge in [0.15, 0.2) is 0 Å². The fourth-order valence-corrected chi connectivity index (χ4v) is 4.32. The summed E-state index contributed by atoms with van der Waals surface area (Å²) in [7, 11) is 0.